The number of amides is 2. The normalized spacial score (nSPS) is 19.4. The van der Waals surface area contributed by atoms with E-state index in [-0.39, 0.29) is 43.3 Å². The molecule has 0 bridgehead atoms. The van der Waals surface area contributed by atoms with Gasteiger partial charge in [-0.15, -0.1) is 5.10 Å². The van der Waals surface area contributed by atoms with Gasteiger partial charge in [0.1, 0.15) is 0 Å². The fraction of sp³-hybridized carbons (Fsp3) is 0.625. The van der Waals surface area contributed by atoms with Crippen molar-refractivity contribution in [3.8, 4) is 0 Å². The Morgan fingerprint density at radius 3 is 2.42 bits per heavy atom. The Labute approximate surface area is 224 Å². The van der Waals surface area contributed by atoms with Crippen LogP contribution in [0.1, 0.15) is 85.3 Å². The molecule has 0 saturated heterocycles. The molecule has 2 saturated carbocycles. The molecule has 5 rings (SSSR count). The second-order valence-electron chi connectivity index (χ2n) is 10.5. The minimum atomic E-state index is -4.43. The number of carbonyl (C=O) groups is 2. The number of aromatic nitrogens is 7. The molecular formula is C24H28F5N9O2. The number of hydrogen-bond acceptors (Lipinski definition) is 7. The van der Waals surface area contributed by atoms with E-state index in [0.29, 0.717) is 16.9 Å². The van der Waals surface area contributed by atoms with Crippen molar-refractivity contribution in [2.24, 2.45) is 18.9 Å². The van der Waals surface area contributed by atoms with Gasteiger partial charge in [-0.05, 0) is 59.6 Å². The molecule has 2 fully saturated rings. The number of rotatable bonds is 9. The Morgan fingerprint density at radius 2 is 1.80 bits per heavy atom. The topological polar surface area (TPSA) is 132 Å². The average Bonchev–Trinajstić information content (AvgIpc) is 3.49. The van der Waals surface area contributed by atoms with Crippen molar-refractivity contribution in [2.45, 2.75) is 75.5 Å². The van der Waals surface area contributed by atoms with Crippen molar-refractivity contribution in [1.82, 2.24) is 45.4 Å². The first-order valence-electron chi connectivity index (χ1n) is 13.0. The lowest BCUT2D eigenvalue weighted by atomic mass is 9.81. The van der Waals surface area contributed by atoms with Crippen LogP contribution in [-0.4, -0.2) is 58.7 Å². The highest BCUT2D eigenvalue weighted by molar-refractivity contribution is 5.90. The first-order valence-corrected chi connectivity index (χ1v) is 13.0. The van der Waals surface area contributed by atoms with Gasteiger partial charge in [0.2, 0.25) is 17.7 Å². The molecule has 0 spiro atoms. The Morgan fingerprint density at radius 1 is 1.10 bits per heavy atom. The summed E-state index contributed by atoms with van der Waals surface area (Å²) >= 11 is 0. The van der Waals surface area contributed by atoms with Gasteiger partial charge in [-0.3, -0.25) is 9.59 Å². The SMILES string of the molecule is Cn1nnnc1C(=O)N[C@H](c1cn2ncc(C(NC(=O)CCC(F)(F)F)C3CC3)cc2n1)C1CCC(F)(F)CC1. The highest BCUT2D eigenvalue weighted by Gasteiger charge is 2.40. The molecule has 216 valence electrons. The number of carbonyl (C=O) groups excluding carboxylic acids is 2. The molecule has 2 amide bonds. The van der Waals surface area contributed by atoms with Crippen LogP contribution in [0.4, 0.5) is 22.0 Å². The highest BCUT2D eigenvalue weighted by atomic mass is 19.4. The number of hydrogen-bond donors (Lipinski definition) is 2. The molecule has 3 aromatic heterocycles. The largest absolute Gasteiger partial charge is 0.389 e. The highest BCUT2D eigenvalue weighted by Crippen LogP contribution is 2.43. The van der Waals surface area contributed by atoms with Crippen molar-refractivity contribution in [1.29, 1.82) is 0 Å². The van der Waals surface area contributed by atoms with Gasteiger partial charge in [0, 0.05) is 26.3 Å². The Bertz CT molecular complexity index is 1370. The van der Waals surface area contributed by atoms with E-state index in [0.717, 1.165) is 12.8 Å². The average molecular weight is 570 g/mol. The molecule has 40 heavy (non-hydrogen) atoms. The van der Waals surface area contributed by atoms with Gasteiger partial charge in [-0.1, -0.05) is 0 Å². The molecule has 2 aliphatic carbocycles. The number of halogens is 5. The molecule has 1 unspecified atom stereocenters. The second kappa shape index (κ2) is 10.7. The maximum Gasteiger partial charge on any atom is 0.389 e. The molecule has 0 aromatic carbocycles. The summed E-state index contributed by atoms with van der Waals surface area (Å²) in [5.74, 6) is -4.37. The summed E-state index contributed by atoms with van der Waals surface area (Å²) in [6.45, 7) is 0. The third-order valence-electron chi connectivity index (χ3n) is 7.43. The number of aryl methyl sites for hydroxylation is 1. The van der Waals surface area contributed by atoms with E-state index in [1.165, 1.54) is 22.4 Å². The van der Waals surface area contributed by atoms with Crippen LogP contribution in [0.15, 0.2) is 18.5 Å². The Hall–Kier alpha value is -3.72. The quantitative estimate of drug-likeness (QED) is 0.377. The predicted octanol–water partition coefficient (Wildman–Crippen LogP) is 3.46. The zero-order valence-electron chi connectivity index (χ0n) is 21.5. The Balaban J connectivity index is 1.39. The lowest BCUT2D eigenvalue weighted by Crippen LogP contribution is -2.38. The summed E-state index contributed by atoms with van der Waals surface area (Å²) in [7, 11) is 1.50. The third kappa shape index (κ3) is 6.53. The Kier molecular flexibility index (Phi) is 7.44. The summed E-state index contributed by atoms with van der Waals surface area (Å²) in [6, 6.07) is 0.439. The summed E-state index contributed by atoms with van der Waals surface area (Å²) < 4.78 is 68.2. The molecule has 11 nitrogen and oxygen atoms in total. The molecule has 2 aliphatic rings. The standard InChI is InChI=1S/C24H28F5N9O2/c1-37-21(34-35-36-37)22(40)33-20(14-4-7-23(25,26)8-5-14)16-12-38-17(31-16)10-15(11-30-38)19(13-2-3-13)32-18(39)6-9-24(27,28)29/h10-14,19-20H,2-9H2,1H3,(H,32,39)(H,33,40)/t19?,20-/m0/s1. The number of nitrogens with zero attached hydrogens (tertiary/aromatic N) is 7. The number of fused-ring (bicyclic) bond motifs is 1. The predicted molar refractivity (Wildman–Crippen MR) is 128 cm³/mol. The molecule has 0 aliphatic heterocycles. The number of tetrazole rings is 1. The molecule has 0 radical (unpaired) electrons. The van der Waals surface area contributed by atoms with E-state index in [9.17, 15) is 31.5 Å². The van der Waals surface area contributed by atoms with E-state index in [4.69, 9.17) is 0 Å². The van der Waals surface area contributed by atoms with Crippen LogP contribution < -0.4 is 10.6 Å². The molecule has 2 atom stereocenters. The van der Waals surface area contributed by atoms with Gasteiger partial charge in [0.25, 0.3) is 5.91 Å². The van der Waals surface area contributed by atoms with E-state index in [2.05, 4.69) is 36.2 Å². The van der Waals surface area contributed by atoms with Gasteiger partial charge in [-0.2, -0.15) is 18.3 Å². The number of nitrogens with one attached hydrogen (secondary N) is 2. The third-order valence-corrected chi connectivity index (χ3v) is 7.43. The zero-order valence-corrected chi connectivity index (χ0v) is 21.5. The summed E-state index contributed by atoms with van der Waals surface area (Å²) in [4.78, 5) is 29.8. The summed E-state index contributed by atoms with van der Waals surface area (Å²) in [5.41, 5.74) is 1.37. The van der Waals surface area contributed by atoms with Crippen LogP contribution in [0.2, 0.25) is 0 Å². The minimum Gasteiger partial charge on any atom is -0.349 e. The van der Waals surface area contributed by atoms with Crippen molar-refractivity contribution >= 4 is 17.5 Å². The van der Waals surface area contributed by atoms with Crippen molar-refractivity contribution in [2.75, 3.05) is 0 Å². The van der Waals surface area contributed by atoms with Crippen LogP contribution >= 0.6 is 0 Å². The first kappa shape index (κ1) is 27.8. The van der Waals surface area contributed by atoms with Crippen LogP contribution in [0, 0.1) is 11.8 Å². The van der Waals surface area contributed by atoms with E-state index >= 15 is 0 Å². The first-order chi connectivity index (χ1) is 18.9. The van der Waals surface area contributed by atoms with E-state index in [1.54, 1.807) is 12.3 Å². The molecule has 3 aromatic rings. The lowest BCUT2D eigenvalue weighted by Gasteiger charge is -2.33. The number of imidazole rings is 1. The van der Waals surface area contributed by atoms with Crippen LogP contribution in [0.3, 0.4) is 0 Å². The van der Waals surface area contributed by atoms with Gasteiger partial charge in [0.15, 0.2) is 5.65 Å². The maximum absolute atomic E-state index is 13.9. The lowest BCUT2D eigenvalue weighted by molar-refractivity contribution is -0.144. The molecule has 2 N–H and O–H groups in total. The van der Waals surface area contributed by atoms with Gasteiger partial charge < -0.3 is 10.6 Å². The molecular weight excluding hydrogens is 541 g/mol. The van der Waals surface area contributed by atoms with Gasteiger partial charge in [-0.25, -0.2) is 23.0 Å². The van der Waals surface area contributed by atoms with Gasteiger partial charge >= 0.3 is 6.18 Å². The minimum absolute atomic E-state index is 0.0520. The maximum atomic E-state index is 13.9. The smallest absolute Gasteiger partial charge is 0.349 e. The van der Waals surface area contributed by atoms with Crippen molar-refractivity contribution in [3.05, 3.63) is 35.5 Å². The molecule has 3 heterocycles. The van der Waals surface area contributed by atoms with Gasteiger partial charge in [0.05, 0.1) is 36.6 Å². The van der Waals surface area contributed by atoms with Crippen LogP contribution in [0.5, 0.6) is 0 Å². The monoisotopic (exact) mass is 569 g/mol. The summed E-state index contributed by atoms with van der Waals surface area (Å²) in [5, 5.41) is 20.8. The van der Waals surface area contributed by atoms with Crippen LogP contribution in [-0.2, 0) is 11.8 Å². The van der Waals surface area contributed by atoms with E-state index < -0.39 is 48.8 Å². The fourth-order valence-corrected chi connectivity index (χ4v) is 5.09. The van der Waals surface area contributed by atoms with E-state index in [1.807, 2.05) is 0 Å². The fourth-order valence-electron chi connectivity index (χ4n) is 5.09. The van der Waals surface area contributed by atoms with Crippen molar-refractivity contribution < 1.29 is 31.5 Å². The molecule has 16 heteroatoms. The summed E-state index contributed by atoms with van der Waals surface area (Å²) in [6.07, 6.45) is -1.87. The van der Waals surface area contributed by atoms with Crippen LogP contribution in [0.25, 0.3) is 5.65 Å². The van der Waals surface area contributed by atoms with Crippen molar-refractivity contribution in [3.63, 3.8) is 0 Å². The zero-order chi connectivity index (χ0) is 28.7. The number of alkyl halides is 5. The second-order valence-corrected chi connectivity index (χ2v) is 10.5.